The summed E-state index contributed by atoms with van der Waals surface area (Å²) in [7, 11) is 0. The van der Waals surface area contributed by atoms with Crippen LogP contribution >= 0.6 is 0 Å². The summed E-state index contributed by atoms with van der Waals surface area (Å²) in [5.41, 5.74) is 0. The van der Waals surface area contributed by atoms with Gasteiger partial charge in [-0.05, 0) is 25.7 Å². The summed E-state index contributed by atoms with van der Waals surface area (Å²) in [6.45, 7) is 0.483. The highest BCUT2D eigenvalue weighted by atomic mass is 16.5. The van der Waals surface area contributed by atoms with Crippen LogP contribution in [0.15, 0.2) is 0 Å². The van der Waals surface area contributed by atoms with Gasteiger partial charge in [0.15, 0.2) is 0 Å². The molecule has 0 aromatic carbocycles. The first-order valence-electron chi connectivity index (χ1n) is 5.88. The van der Waals surface area contributed by atoms with Crippen molar-refractivity contribution in [2.24, 2.45) is 5.92 Å². The lowest BCUT2D eigenvalue weighted by Gasteiger charge is -2.19. The quantitative estimate of drug-likeness (QED) is 0.516. The first kappa shape index (κ1) is 12.0. The summed E-state index contributed by atoms with van der Waals surface area (Å²) in [6.07, 6.45) is 7.77. The van der Waals surface area contributed by atoms with Gasteiger partial charge in [-0.25, -0.2) is 0 Å². The molecule has 1 aliphatic rings. The van der Waals surface area contributed by atoms with Crippen molar-refractivity contribution in [2.45, 2.75) is 51.4 Å². The van der Waals surface area contributed by atoms with E-state index in [2.05, 4.69) is 6.07 Å². The van der Waals surface area contributed by atoms with E-state index in [1.54, 1.807) is 0 Å². The Bertz CT molecular complexity index is 226. The summed E-state index contributed by atoms with van der Waals surface area (Å²) in [5.74, 6) is 0.126. The Morgan fingerprint density at radius 1 is 1.27 bits per heavy atom. The van der Waals surface area contributed by atoms with Gasteiger partial charge >= 0.3 is 5.97 Å². The third-order valence-corrected chi connectivity index (χ3v) is 2.87. The highest BCUT2D eigenvalue weighted by molar-refractivity contribution is 5.72. The highest BCUT2D eigenvalue weighted by Gasteiger charge is 2.21. The molecule has 0 aromatic heterocycles. The van der Waals surface area contributed by atoms with E-state index in [0.717, 1.165) is 38.5 Å². The topological polar surface area (TPSA) is 50.1 Å². The highest BCUT2D eigenvalue weighted by Crippen LogP contribution is 2.24. The van der Waals surface area contributed by atoms with Crippen molar-refractivity contribution in [2.75, 3.05) is 6.61 Å². The molecule has 0 bridgehead atoms. The zero-order valence-electron chi connectivity index (χ0n) is 9.21. The maximum atomic E-state index is 11.5. The molecule has 0 amide bonds. The summed E-state index contributed by atoms with van der Waals surface area (Å²) in [4.78, 5) is 11.5. The van der Waals surface area contributed by atoms with E-state index < -0.39 is 0 Å². The normalized spacial score (nSPS) is 17.0. The fourth-order valence-electron chi connectivity index (χ4n) is 1.94. The molecule has 1 aliphatic carbocycles. The largest absolute Gasteiger partial charge is 0.465 e. The van der Waals surface area contributed by atoms with Crippen LogP contribution in [-0.4, -0.2) is 12.6 Å². The number of carbonyl (C=O) groups excluding carboxylic acids is 1. The molecule has 0 aliphatic heterocycles. The number of hydrogen-bond acceptors (Lipinski definition) is 3. The van der Waals surface area contributed by atoms with Crippen LogP contribution in [0.2, 0.25) is 0 Å². The van der Waals surface area contributed by atoms with Crippen molar-refractivity contribution < 1.29 is 9.53 Å². The van der Waals surface area contributed by atoms with E-state index in [4.69, 9.17) is 10.00 Å². The van der Waals surface area contributed by atoms with Crippen molar-refractivity contribution in [1.82, 2.24) is 0 Å². The number of hydrogen-bond donors (Lipinski definition) is 0. The van der Waals surface area contributed by atoms with Crippen molar-refractivity contribution in [3.05, 3.63) is 0 Å². The first-order valence-corrected chi connectivity index (χ1v) is 5.88. The van der Waals surface area contributed by atoms with Crippen LogP contribution in [0.1, 0.15) is 51.4 Å². The van der Waals surface area contributed by atoms with Gasteiger partial charge in [-0.1, -0.05) is 19.3 Å². The molecule has 0 saturated heterocycles. The maximum Gasteiger partial charge on any atom is 0.308 e. The van der Waals surface area contributed by atoms with Crippen LogP contribution in [-0.2, 0) is 9.53 Å². The Kier molecular flexibility index (Phi) is 5.84. The van der Waals surface area contributed by atoms with Gasteiger partial charge in [-0.2, -0.15) is 5.26 Å². The van der Waals surface area contributed by atoms with E-state index in [1.165, 1.54) is 6.42 Å². The number of unbranched alkanes of at least 4 members (excludes halogenated alkanes) is 2. The number of carbonyl (C=O) groups is 1. The summed E-state index contributed by atoms with van der Waals surface area (Å²) >= 11 is 0. The minimum absolute atomic E-state index is 0.0216. The van der Waals surface area contributed by atoms with E-state index in [1.807, 2.05) is 0 Å². The van der Waals surface area contributed by atoms with Crippen LogP contribution < -0.4 is 0 Å². The lowest BCUT2D eigenvalue weighted by molar-refractivity contribution is -0.149. The monoisotopic (exact) mass is 209 g/mol. The summed E-state index contributed by atoms with van der Waals surface area (Å²) < 4.78 is 5.18. The number of ether oxygens (including phenoxy) is 1. The Morgan fingerprint density at radius 3 is 2.67 bits per heavy atom. The molecule has 0 heterocycles. The third kappa shape index (κ3) is 4.83. The molecule has 0 N–H and O–H groups in total. The molecule has 0 radical (unpaired) electrons. The van der Waals surface area contributed by atoms with E-state index in [-0.39, 0.29) is 11.9 Å². The Labute approximate surface area is 91.4 Å². The molecule has 1 saturated carbocycles. The zero-order valence-corrected chi connectivity index (χ0v) is 9.21. The smallest absolute Gasteiger partial charge is 0.308 e. The standard InChI is InChI=1S/C12H19NO2/c13-9-5-2-6-10-15-12(14)11-7-3-1-4-8-11/h11H,1-8,10H2. The lowest BCUT2D eigenvalue weighted by Crippen LogP contribution is -2.20. The maximum absolute atomic E-state index is 11.5. The van der Waals surface area contributed by atoms with Crippen LogP contribution in [0.3, 0.4) is 0 Å². The first-order chi connectivity index (χ1) is 7.34. The van der Waals surface area contributed by atoms with Crippen LogP contribution in [0.5, 0.6) is 0 Å². The molecular formula is C12H19NO2. The molecule has 0 aromatic rings. The van der Waals surface area contributed by atoms with Gasteiger partial charge in [-0.15, -0.1) is 0 Å². The molecule has 3 heteroatoms. The fourth-order valence-corrected chi connectivity index (χ4v) is 1.94. The Morgan fingerprint density at radius 2 is 2.00 bits per heavy atom. The van der Waals surface area contributed by atoms with E-state index in [9.17, 15) is 4.79 Å². The predicted octanol–water partition coefficient (Wildman–Crippen LogP) is 2.80. The second kappa shape index (κ2) is 7.28. The van der Waals surface area contributed by atoms with Gasteiger partial charge in [0, 0.05) is 6.42 Å². The van der Waals surface area contributed by atoms with E-state index >= 15 is 0 Å². The molecule has 1 rings (SSSR count). The van der Waals surface area contributed by atoms with Crippen molar-refractivity contribution in [3.63, 3.8) is 0 Å². The van der Waals surface area contributed by atoms with Gasteiger partial charge in [0.25, 0.3) is 0 Å². The Hall–Kier alpha value is -1.04. The molecular weight excluding hydrogens is 190 g/mol. The number of nitriles is 1. The van der Waals surface area contributed by atoms with Gasteiger partial charge < -0.3 is 4.74 Å². The van der Waals surface area contributed by atoms with Gasteiger partial charge in [0.1, 0.15) is 0 Å². The molecule has 15 heavy (non-hydrogen) atoms. The van der Waals surface area contributed by atoms with Gasteiger partial charge in [-0.3, -0.25) is 4.79 Å². The number of esters is 1. The Balaban J connectivity index is 2.05. The minimum Gasteiger partial charge on any atom is -0.465 e. The molecule has 3 nitrogen and oxygen atoms in total. The van der Waals surface area contributed by atoms with Crippen molar-refractivity contribution >= 4 is 5.97 Å². The second-order valence-corrected chi connectivity index (χ2v) is 4.12. The van der Waals surface area contributed by atoms with Gasteiger partial charge in [0.05, 0.1) is 18.6 Å². The molecule has 0 unspecified atom stereocenters. The number of nitrogens with zero attached hydrogens (tertiary/aromatic N) is 1. The van der Waals surface area contributed by atoms with Gasteiger partial charge in [0.2, 0.25) is 0 Å². The van der Waals surface area contributed by atoms with Crippen LogP contribution in [0, 0.1) is 17.2 Å². The third-order valence-electron chi connectivity index (χ3n) is 2.87. The average Bonchev–Trinajstić information content (AvgIpc) is 2.30. The summed E-state index contributed by atoms with van der Waals surface area (Å²) in [5, 5.41) is 8.32. The average molecular weight is 209 g/mol. The molecule has 0 atom stereocenters. The van der Waals surface area contributed by atoms with Crippen molar-refractivity contribution in [3.8, 4) is 6.07 Å². The van der Waals surface area contributed by atoms with Crippen LogP contribution in [0.25, 0.3) is 0 Å². The zero-order chi connectivity index (χ0) is 10.9. The SMILES string of the molecule is N#CCCCCOC(=O)C1CCCCC1. The van der Waals surface area contributed by atoms with E-state index in [0.29, 0.717) is 13.0 Å². The lowest BCUT2D eigenvalue weighted by atomic mass is 9.89. The second-order valence-electron chi connectivity index (χ2n) is 4.12. The fraction of sp³-hybridized carbons (Fsp3) is 0.833. The minimum atomic E-state index is -0.0216. The molecule has 1 fully saturated rings. The van der Waals surface area contributed by atoms with Crippen LogP contribution in [0.4, 0.5) is 0 Å². The molecule has 84 valence electrons. The van der Waals surface area contributed by atoms with Crippen molar-refractivity contribution in [1.29, 1.82) is 5.26 Å². The summed E-state index contributed by atoms with van der Waals surface area (Å²) in [6, 6.07) is 2.08. The number of rotatable bonds is 5. The molecule has 0 spiro atoms. The predicted molar refractivity (Wildman–Crippen MR) is 57.0 cm³/mol.